The molecule has 2 radical (unpaired) electrons. The molecule has 3 heteroatoms. The third-order valence-corrected chi connectivity index (χ3v) is 1.50. The average Bonchev–Trinajstić information content (AvgIpc) is 1.58. The van der Waals surface area contributed by atoms with Crippen LogP contribution in [0.4, 0.5) is 0 Å². The van der Waals surface area contributed by atoms with E-state index in [1.165, 1.54) is 0 Å². The molecule has 0 rings (SSSR count). The standard InChI is InChI=1S/C7H15N2.Ga/c1-6(2)8-5-9-7(3)4;/h6-7H,1-4H3,(H,8,9);. The summed E-state index contributed by atoms with van der Waals surface area (Å²) in [5, 5.41) is 3.25. The Balaban J connectivity index is 3.71. The molecule has 0 aliphatic rings. The first-order chi connectivity index (χ1) is 4.52. The summed E-state index contributed by atoms with van der Waals surface area (Å²) >= 11 is 1.56. The van der Waals surface area contributed by atoms with Gasteiger partial charge >= 0.3 is 73.1 Å². The van der Waals surface area contributed by atoms with Crippen LogP contribution in [0.5, 0.6) is 0 Å². The van der Waals surface area contributed by atoms with E-state index in [0.29, 0.717) is 12.1 Å². The third kappa shape index (κ3) is 6.23. The zero-order chi connectivity index (χ0) is 8.15. The van der Waals surface area contributed by atoms with Crippen LogP contribution >= 0.6 is 0 Å². The second-order valence-electron chi connectivity index (χ2n) is 2.91. The summed E-state index contributed by atoms with van der Waals surface area (Å²) in [6, 6.07) is 0.914. The number of rotatable bonds is 2. The average molecular weight is 197 g/mol. The quantitative estimate of drug-likeness (QED) is 0.397. The molecular weight excluding hydrogens is 182 g/mol. The molecule has 0 aromatic rings. The molecule has 0 spiro atoms. The Morgan fingerprint density at radius 2 is 1.80 bits per heavy atom. The van der Waals surface area contributed by atoms with Crippen molar-refractivity contribution in [2.75, 3.05) is 0 Å². The van der Waals surface area contributed by atoms with Gasteiger partial charge in [0.2, 0.25) is 0 Å². The summed E-state index contributed by atoms with van der Waals surface area (Å²) in [7, 11) is 0. The van der Waals surface area contributed by atoms with Crippen molar-refractivity contribution in [3.63, 3.8) is 0 Å². The summed E-state index contributed by atoms with van der Waals surface area (Å²) in [4.78, 5) is 4.35. The van der Waals surface area contributed by atoms with E-state index in [4.69, 9.17) is 0 Å². The van der Waals surface area contributed by atoms with Gasteiger partial charge in [0, 0.05) is 0 Å². The van der Waals surface area contributed by atoms with Gasteiger partial charge in [0.25, 0.3) is 0 Å². The van der Waals surface area contributed by atoms with Crippen molar-refractivity contribution in [3.05, 3.63) is 0 Å². The molecule has 0 saturated heterocycles. The Hall–Kier alpha value is 0.106. The molecule has 0 amide bonds. The van der Waals surface area contributed by atoms with Gasteiger partial charge in [-0.15, -0.1) is 0 Å². The van der Waals surface area contributed by atoms with E-state index in [2.05, 4.69) is 38.0 Å². The maximum atomic E-state index is 4.35. The van der Waals surface area contributed by atoms with Crippen LogP contribution in [0.15, 0.2) is 4.99 Å². The number of amidine groups is 1. The first-order valence-corrected chi connectivity index (χ1v) is 4.83. The van der Waals surface area contributed by atoms with Crippen molar-refractivity contribution in [2.24, 2.45) is 4.99 Å². The number of hydrogen-bond donors (Lipinski definition) is 1. The van der Waals surface area contributed by atoms with E-state index in [0.717, 1.165) is 4.39 Å². The Bertz CT molecular complexity index is 119. The van der Waals surface area contributed by atoms with Gasteiger partial charge < -0.3 is 0 Å². The molecule has 0 fully saturated rings. The molecule has 0 aromatic carbocycles. The topological polar surface area (TPSA) is 24.4 Å². The van der Waals surface area contributed by atoms with Crippen molar-refractivity contribution in [1.82, 2.24) is 5.32 Å². The summed E-state index contributed by atoms with van der Waals surface area (Å²) < 4.78 is 1.09. The Morgan fingerprint density at radius 3 is 2.10 bits per heavy atom. The molecule has 0 aromatic heterocycles. The number of hydrogen-bond acceptors (Lipinski definition) is 1. The van der Waals surface area contributed by atoms with Crippen molar-refractivity contribution in [1.29, 1.82) is 0 Å². The van der Waals surface area contributed by atoms with Gasteiger partial charge in [-0.2, -0.15) is 0 Å². The van der Waals surface area contributed by atoms with Gasteiger partial charge in [-0.05, 0) is 0 Å². The van der Waals surface area contributed by atoms with Crippen LogP contribution < -0.4 is 5.32 Å². The van der Waals surface area contributed by atoms with E-state index >= 15 is 0 Å². The maximum absolute atomic E-state index is 4.35. The van der Waals surface area contributed by atoms with Crippen molar-refractivity contribution >= 4 is 23.0 Å². The fourth-order valence-corrected chi connectivity index (χ4v) is 1.94. The second-order valence-corrected chi connectivity index (χ2v) is 4.05. The van der Waals surface area contributed by atoms with Crippen LogP contribution in [-0.2, 0) is 0 Å². The van der Waals surface area contributed by atoms with Crippen molar-refractivity contribution in [3.8, 4) is 0 Å². The molecule has 0 unspecified atom stereocenters. The molecule has 0 bridgehead atoms. The predicted molar refractivity (Wildman–Crippen MR) is 46.6 cm³/mol. The van der Waals surface area contributed by atoms with Gasteiger partial charge in [0.05, 0.1) is 0 Å². The third-order valence-electron chi connectivity index (χ3n) is 0.834. The molecule has 0 aliphatic carbocycles. The summed E-state index contributed by atoms with van der Waals surface area (Å²) in [5.74, 6) is 0. The van der Waals surface area contributed by atoms with Gasteiger partial charge in [0.1, 0.15) is 0 Å². The molecule has 0 atom stereocenters. The van der Waals surface area contributed by atoms with Crippen LogP contribution in [-0.4, -0.2) is 35.1 Å². The summed E-state index contributed by atoms with van der Waals surface area (Å²) in [6.07, 6.45) is 0. The van der Waals surface area contributed by atoms with E-state index in [-0.39, 0.29) is 0 Å². The van der Waals surface area contributed by atoms with Gasteiger partial charge in [0.15, 0.2) is 0 Å². The first kappa shape index (κ1) is 10.1. The Morgan fingerprint density at radius 1 is 1.30 bits per heavy atom. The zero-order valence-corrected chi connectivity index (χ0v) is 9.60. The Labute approximate surface area is 73.4 Å². The van der Waals surface area contributed by atoms with Crippen LogP contribution in [0, 0.1) is 0 Å². The Kier molecular flexibility index (Phi) is 4.90. The molecule has 10 heavy (non-hydrogen) atoms. The molecular formula is C7H15GaN2. The second kappa shape index (κ2) is 4.85. The summed E-state index contributed by atoms with van der Waals surface area (Å²) in [5.41, 5.74) is 0. The van der Waals surface area contributed by atoms with Gasteiger partial charge in [-0.25, -0.2) is 0 Å². The number of nitrogens with one attached hydrogen (secondary N) is 1. The molecule has 56 valence electrons. The van der Waals surface area contributed by atoms with Crippen molar-refractivity contribution < 1.29 is 0 Å². The fourth-order valence-electron chi connectivity index (χ4n) is 0.611. The van der Waals surface area contributed by atoms with Gasteiger partial charge in [-0.3, -0.25) is 0 Å². The van der Waals surface area contributed by atoms with Crippen LogP contribution in [0.3, 0.4) is 0 Å². The van der Waals surface area contributed by atoms with Crippen LogP contribution in [0.1, 0.15) is 27.7 Å². The minimum absolute atomic E-state index is 0.410. The van der Waals surface area contributed by atoms with E-state index in [1.54, 1.807) is 18.6 Å². The number of nitrogens with zero attached hydrogens (tertiary/aromatic N) is 1. The first-order valence-electron chi connectivity index (χ1n) is 3.62. The van der Waals surface area contributed by atoms with E-state index in [1.807, 2.05) is 0 Å². The van der Waals surface area contributed by atoms with E-state index in [9.17, 15) is 0 Å². The SMILES string of the molecule is CC(C)N=[C]([Ga])NC(C)C. The summed E-state index contributed by atoms with van der Waals surface area (Å²) in [6.45, 7) is 8.41. The number of aliphatic imine (C=N–C) groups is 1. The van der Waals surface area contributed by atoms with Gasteiger partial charge in [-0.1, -0.05) is 0 Å². The predicted octanol–water partition coefficient (Wildman–Crippen LogP) is 0.917. The van der Waals surface area contributed by atoms with Crippen LogP contribution in [0.2, 0.25) is 0 Å². The van der Waals surface area contributed by atoms with Crippen molar-refractivity contribution in [2.45, 2.75) is 39.8 Å². The van der Waals surface area contributed by atoms with E-state index < -0.39 is 0 Å². The molecule has 2 nitrogen and oxygen atoms in total. The molecule has 0 heterocycles. The molecule has 0 aliphatic heterocycles. The minimum atomic E-state index is 0.410. The van der Waals surface area contributed by atoms with Crippen LogP contribution in [0.25, 0.3) is 0 Å². The normalized spacial score (nSPS) is 12.8. The zero-order valence-electron chi connectivity index (χ0n) is 7.18. The fraction of sp³-hybridized carbons (Fsp3) is 0.857. The molecule has 0 saturated carbocycles. The molecule has 1 N–H and O–H groups in total. The monoisotopic (exact) mass is 196 g/mol.